The van der Waals surface area contributed by atoms with Crippen LogP contribution in [0.1, 0.15) is 38.7 Å². The van der Waals surface area contributed by atoms with Crippen LogP contribution in [-0.4, -0.2) is 28.8 Å². The normalized spacial score (nSPS) is 30.3. The number of piperazine rings is 1. The van der Waals surface area contributed by atoms with Crippen LogP contribution < -0.4 is 5.32 Å². The van der Waals surface area contributed by atoms with Crippen molar-refractivity contribution in [3.8, 4) is 0 Å². The summed E-state index contributed by atoms with van der Waals surface area (Å²) < 4.78 is 0. The summed E-state index contributed by atoms with van der Waals surface area (Å²) in [7, 11) is 0. The Bertz CT molecular complexity index is 539. The molecule has 1 aromatic carbocycles. The Labute approximate surface area is 119 Å². The minimum atomic E-state index is -0.938. The van der Waals surface area contributed by atoms with Gasteiger partial charge in [-0.05, 0) is 31.7 Å². The maximum atomic E-state index is 13.0. The van der Waals surface area contributed by atoms with E-state index in [1.165, 1.54) is 0 Å². The highest BCUT2D eigenvalue weighted by molar-refractivity contribution is 6.00. The zero-order chi connectivity index (χ0) is 14.3. The predicted octanol–water partition coefficient (Wildman–Crippen LogP) is 1.80. The molecule has 2 unspecified atom stereocenters. The lowest BCUT2D eigenvalue weighted by atomic mass is 9.86. The van der Waals surface area contributed by atoms with E-state index in [4.69, 9.17) is 0 Å². The lowest BCUT2D eigenvalue weighted by Crippen LogP contribution is -2.67. The van der Waals surface area contributed by atoms with Gasteiger partial charge in [0, 0.05) is 6.04 Å². The van der Waals surface area contributed by atoms with E-state index >= 15 is 0 Å². The van der Waals surface area contributed by atoms with Crippen molar-refractivity contribution in [3.05, 3.63) is 35.9 Å². The molecule has 1 aromatic rings. The second kappa shape index (κ2) is 4.62. The Morgan fingerprint density at radius 2 is 1.90 bits per heavy atom. The van der Waals surface area contributed by atoms with Gasteiger partial charge in [-0.25, -0.2) is 0 Å². The monoisotopic (exact) mass is 272 g/mol. The van der Waals surface area contributed by atoms with Crippen LogP contribution in [-0.2, 0) is 15.1 Å². The lowest BCUT2D eigenvalue weighted by Gasteiger charge is -2.44. The van der Waals surface area contributed by atoms with E-state index in [0.29, 0.717) is 6.42 Å². The van der Waals surface area contributed by atoms with Crippen molar-refractivity contribution < 1.29 is 9.59 Å². The topological polar surface area (TPSA) is 49.4 Å². The summed E-state index contributed by atoms with van der Waals surface area (Å²) in [6.07, 6.45) is 2.69. The number of benzene rings is 1. The third-order valence-corrected chi connectivity index (χ3v) is 4.35. The molecule has 1 N–H and O–H groups in total. The first-order valence-corrected chi connectivity index (χ1v) is 7.28. The minimum absolute atomic E-state index is 0.0256. The third kappa shape index (κ3) is 1.90. The van der Waals surface area contributed by atoms with Crippen LogP contribution in [0.5, 0.6) is 0 Å². The summed E-state index contributed by atoms with van der Waals surface area (Å²) in [5, 5.41) is 2.94. The molecule has 2 aliphatic rings. The van der Waals surface area contributed by atoms with Crippen LogP contribution >= 0.6 is 0 Å². The second-order valence-electron chi connectivity index (χ2n) is 5.85. The molecule has 1 aliphatic carbocycles. The van der Waals surface area contributed by atoms with Crippen molar-refractivity contribution in [2.24, 2.45) is 0 Å². The van der Waals surface area contributed by atoms with Crippen LogP contribution in [0.4, 0.5) is 0 Å². The van der Waals surface area contributed by atoms with Crippen molar-refractivity contribution in [1.29, 1.82) is 0 Å². The van der Waals surface area contributed by atoms with Gasteiger partial charge in [0.25, 0.3) is 5.91 Å². The first-order valence-electron chi connectivity index (χ1n) is 7.28. The molecule has 1 heterocycles. The summed E-state index contributed by atoms with van der Waals surface area (Å²) in [6.45, 7) is 3.77. The number of nitrogens with one attached hydrogen (secondary N) is 1. The number of hydrogen-bond donors (Lipinski definition) is 1. The van der Waals surface area contributed by atoms with E-state index in [2.05, 4.69) is 5.32 Å². The molecular formula is C16H20N2O2. The van der Waals surface area contributed by atoms with E-state index in [-0.39, 0.29) is 23.9 Å². The summed E-state index contributed by atoms with van der Waals surface area (Å²) in [5.41, 5.74) is -0.0920. The maximum absolute atomic E-state index is 13.0. The first-order chi connectivity index (χ1) is 9.58. The lowest BCUT2D eigenvalue weighted by molar-refractivity contribution is -0.155. The molecule has 1 aliphatic heterocycles. The van der Waals surface area contributed by atoms with Gasteiger partial charge in [-0.1, -0.05) is 37.3 Å². The van der Waals surface area contributed by atoms with Gasteiger partial charge in [0.15, 0.2) is 0 Å². The van der Waals surface area contributed by atoms with Crippen LogP contribution in [0.2, 0.25) is 0 Å². The van der Waals surface area contributed by atoms with E-state index in [0.717, 1.165) is 18.4 Å². The molecule has 0 radical (unpaired) electrons. The zero-order valence-electron chi connectivity index (χ0n) is 11.9. The number of amides is 2. The molecule has 4 heteroatoms. The van der Waals surface area contributed by atoms with Crippen molar-refractivity contribution >= 4 is 11.8 Å². The zero-order valence-corrected chi connectivity index (χ0v) is 11.9. The molecule has 3 rings (SSSR count). The van der Waals surface area contributed by atoms with E-state index in [1.807, 2.05) is 49.1 Å². The van der Waals surface area contributed by atoms with Gasteiger partial charge in [0.05, 0.1) is 0 Å². The average Bonchev–Trinajstić information content (AvgIpc) is 3.28. The molecule has 1 saturated heterocycles. The summed E-state index contributed by atoms with van der Waals surface area (Å²) in [6, 6.07) is 9.44. The fraction of sp³-hybridized carbons (Fsp3) is 0.500. The van der Waals surface area contributed by atoms with E-state index < -0.39 is 5.54 Å². The molecule has 20 heavy (non-hydrogen) atoms. The Hall–Kier alpha value is -1.84. The highest BCUT2D eigenvalue weighted by Crippen LogP contribution is 2.37. The number of rotatable bonds is 3. The Balaban J connectivity index is 2.01. The number of carbonyl (C=O) groups excluding carboxylic acids is 2. The van der Waals surface area contributed by atoms with Gasteiger partial charge in [0.1, 0.15) is 11.6 Å². The fourth-order valence-corrected chi connectivity index (χ4v) is 3.03. The third-order valence-electron chi connectivity index (χ3n) is 4.35. The number of carbonyl (C=O) groups is 2. The summed E-state index contributed by atoms with van der Waals surface area (Å²) >= 11 is 0. The molecule has 2 amide bonds. The molecule has 2 fully saturated rings. The minimum Gasteiger partial charge on any atom is -0.336 e. The first kappa shape index (κ1) is 13.2. The van der Waals surface area contributed by atoms with Crippen molar-refractivity contribution in [2.75, 3.05) is 0 Å². The van der Waals surface area contributed by atoms with Crippen LogP contribution in [0.15, 0.2) is 30.3 Å². The summed E-state index contributed by atoms with van der Waals surface area (Å²) in [5.74, 6) is -0.0111. The summed E-state index contributed by atoms with van der Waals surface area (Å²) in [4.78, 5) is 27.2. The maximum Gasteiger partial charge on any atom is 0.253 e. The van der Waals surface area contributed by atoms with Crippen molar-refractivity contribution in [3.63, 3.8) is 0 Å². The van der Waals surface area contributed by atoms with Crippen molar-refractivity contribution in [2.45, 2.75) is 50.7 Å². The van der Waals surface area contributed by atoms with Gasteiger partial charge in [-0.15, -0.1) is 0 Å². The number of nitrogens with zero attached hydrogens (tertiary/aromatic N) is 1. The molecule has 106 valence electrons. The predicted molar refractivity (Wildman–Crippen MR) is 75.9 cm³/mol. The molecule has 0 spiro atoms. The van der Waals surface area contributed by atoms with Crippen LogP contribution in [0.3, 0.4) is 0 Å². The van der Waals surface area contributed by atoms with Gasteiger partial charge in [-0.3, -0.25) is 9.59 Å². The van der Waals surface area contributed by atoms with E-state index in [1.54, 1.807) is 0 Å². The Morgan fingerprint density at radius 1 is 1.25 bits per heavy atom. The smallest absolute Gasteiger partial charge is 0.253 e. The molecule has 2 atom stereocenters. The Kier molecular flexibility index (Phi) is 3.04. The second-order valence-corrected chi connectivity index (χ2v) is 5.85. The van der Waals surface area contributed by atoms with Gasteiger partial charge in [-0.2, -0.15) is 0 Å². The highest BCUT2D eigenvalue weighted by atomic mass is 16.2. The van der Waals surface area contributed by atoms with Crippen molar-refractivity contribution in [1.82, 2.24) is 10.2 Å². The van der Waals surface area contributed by atoms with Gasteiger partial charge < -0.3 is 10.2 Å². The van der Waals surface area contributed by atoms with Gasteiger partial charge in [0.2, 0.25) is 5.91 Å². The number of hydrogen-bond acceptors (Lipinski definition) is 2. The quantitative estimate of drug-likeness (QED) is 0.912. The molecule has 0 aromatic heterocycles. The van der Waals surface area contributed by atoms with Crippen LogP contribution in [0, 0.1) is 0 Å². The highest BCUT2D eigenvalue weighted by Gasteiger charge is 2.52. The largest absolute Gasteiger partial charge is 0.336 e. The molecule has 4 nitrogen and oxygen atoms in total. The molecular weight excluding hydrogens is 252 g/mol. The van der Waals surface area contributed by atoms with E-state index in [9.17, 15) is 9.59 Å². The molecule has 0 bridgehead atoms. The average molecular weight is 272 g/mol. The van der Waals surface area contributed by atoms with Crippen LogP contribution in [0.25, 0.3) is 0 Å². The Morgan fingerprint density at radius 3 is 2.45 bits per heavy atom. The molecule has 1 saturated carbocycles. The fourth-order valence-electron chi connectivity index (χ4n) is 3.03. The standard InChI is InChI=1S/C16H20N2O2/c1-3-13-14(19)17-16(2,11-7-5-4-6-8-11)15(20)18(13)12-9-10-12/h4-8,12-13H,3,9-10H2,1-2H3,(H,17,19). The van der Waals surface area contributed by atoms with Gasteiger partial charge >= 0.3 is 0 Å². The SMILES string of the molecule is CCC1C(=O)NC(C)(c2ccccc2)C(=O)N1C1CC1.